The second kappa shape index (κ2) is 16.7. The molecule has 4 aromatic rings. The van der Waals surface area contributed by atoms with Crippen LogP contribution < -0.4 is 0 Å². The van der Waals surface area contributed by atoms with Gasteiger partial charge in [0, 0.05) is 5.27 Å². The number of nitrogens with one attached hydrogen (secondary N) is 1. The van der Waals surface area contributed by atoms with Crippen LogP contribution in [0.4, 0.5) is 4.79 Å². The van der Waals surface area contributed by atoms with Crippen molar-refractivity contribution >= 4 is 27.3 Å². The number of para-hydroxylation sites is 1. The molecule has 0 unspecified atom stereocenters. The molecule has 0 aliphatic rings. The van der Waals surface area contributed by atoms with Crippen molar-refractivity contribution in [1.29, 1.82) is 0 Å². The second-order valence-electron chi connectivity index (χ2n) is 6.02. The van der Waals surface area contributed by atoms with Gasteiger partial charge in [-0.3, -0.25) is 9.28 Å². The van der Waals surface area contributed by atoms with Crippen LogP contribution in [0.15, 0.2) is 76.5 Å². The predicted molar refractivity (Wildman–Crippen MR) is 122 cm³/mol. The Labute approximate surface area is 197 Å². The van der Waals surface area contributed by atoms with E-state index >= 15 is 0 Å². The topological polar surface area (TPSA) is 159 Å². The molecule has 4 rings (SSSR count). The summed E-state index contributed by atoms with van der Waals surface area (Å²) in [6.07, 6.45) is 3.89. The normalized spacial score (nSPS) is 9.85. The van der Waals surface area contributed by atoms with Gasteiger partial charge in [-0.2, -0.15) is 8.42 Å². The number of carbonyl (C=O) groups is 1. The lowest BCUT2D eigenvalue weighted by Crippen LogP contribution is -2.07. The zero-order chi connectivity index (χ0) is 25.1. The van der Waals surface area contributed by atoms with E-state index < -0.39 is 16.3 Å². The molecule has 34 heavy (non-hydrogen) atoms. The SMILES string of the molecule is CCCCOS(=O)(=O)c1ccccc1.COC(=O)OC.c1ccc2[nH]nnc2c1.c1conn1. The maximum Gasteiger partial charge on any atom is 0.507 e. The predicted octanol–water partition coefficient (Wildman–Crippen LogP) is 3.62. The molecule has 0 saturated carbocycles. The number of ether oxygens (including phenoxy) is 2. The van der Waals surface area contributed by atoms with Crippen LogP contribution in [0.2, 0.25) is 0 Å². The summed E-state index contributed by atoms with van der Waals surface area (Å²) in [6, 6.07) is 15.9. The first-order chi connectivity index (χ1) is 16.4. The van der Waals surface area contributed by atoms with Crippen molar-refractivity contribution in [2.24, 2.45) is 0 Å². The van der Waals surface area contributed by atoms with Gasteiger partial charge in [0.2, 0.25) is 0 Å². The second-order valence-corrected chi connectivity index (χ2v) is 7.63. The molecular weight excluding hydrogens is 466 g/mol. The van der Waals surface area contributed by atoms with Gasteiger partial charge >= 0.3 is 6.16 Å². The van der Waals surface area contributed by atoms with Crippen molar-refractivity contribution in [1.82, 2.24) is 25.8 Å². The number of aromatic nitrogens is 5. The Bertz CT molecular complexity index is 1080. The van der Waals surface area contributed by atoms with Gasteiger partial charge in [-0.25, -0.2) is 4.79 Å². The van der Waals surface area contributed by atoms with Crippen molar-refractivity contribution in [2.45, 2.75) is 24.7 Å². The highest BCUT2D eigenvalue weighted by Gasteiger charge is 2.13. The van der Waals surface area contributed by atoms with E-state index in [-0.39, 0.29) is 11.5 Å². The highest BCUT2D eigenvalue weighted by atomic mass is 32.2. The standard InChI is InChI=1S/C10H14O3S.C6H5N3.C3H6O3.C2H2N2O/c1-2-3-9-13-14(11,12)10-7-5-4-6-8-10;1-2-4-6-5(3-1)7-9-8-6;1-5-3(4)6-2;1-2-5-4-3-1/h4-8H,2-3,9H2,1H3;1-4H,(H,7,8,9);1-2H3;1-2H. The number of carbonyl (C=O) groups excluding carboxylic acids is 1. The third-order valence-corrected chi connectivity index (χ3v) is 4.94. The van der Waals surface area contributed by atoms with E-state index in [0.717, 1.165) is 23.9 Å². The number of hydrogen-bond acceptors (Lipinski definition) is 11. The number of nitrogens with zero attached hydrogens (tertiary/aromatic N) is 4. The van der Waals surface area contributed by atoms with Crippen LogP contribution in [0, 0.1) is 0 Å². The van der Waals surface area contributed by atoms with Gasteiger partial charge in [0.15, 0.2) is 0 Å². The molecule has 12 nitrogen and oxygen atoms in total. The van der Waals surface area contributed by atoms with Crippen LogP contribution in [0.1, 0.15) is 19.8 Å². The van der Waals surface area contributed by atoms with Gasteiger partial charge in [0.25, 0.3) is 10.1 Å². The Morgan fingerprint density at radius 1 is 1.03 bits per heavy atom. The quantitative estimate of drug-likeness (QED) is 0.246. The number of H-pyrrole nitrogens is 1. The van der Waals surface area contributed by atoms with Gasteiger partial charge in [-0.1, -0.05) is 48.9 Å². The number of fused-ring (bicyclic) bond motifs is 1. The lowest BCUT2D eigenvalue weighted by atomic mass is 10.3. The Morgan fingerprint density at radius 3 is 2.21 bits per heavy atom. The first-order valence-electron chi connectivity index (χ1n) is 9.97. The molecule has 1 N–H and O–H groups in total. The Hall–Kier alpha value is -3.84. The van der Waals surface area contributed by atoms with Gasteiger partial charge in [0.1, 0.15) is 11.8 Å². The molecule has 2 aromatic carbocycles. The van der Waals surface area contributed by atoms with E-state index in [1.54, 1.807) is 18.2 Å². The summed E-state index contributed by atoms with van der Waals surface area (Å²) >= 11 is 0. The van der Waals surface area contributed by atoms with Crippen molar-refractivity contribution in [2.75, 3.05) is 20.8 Å². The minimum absolute atomic E-state index is 0.219. The molecule has 0 atom stereocenters. The van der Waals surface area contributed by atoms with Crippen molar-refractivity contribution in [3.05, 3.63) is 67.1 Å². The third-order valence-electron chi connectivity index (χ3n) is 3.62. The van der Waals surface area contributed by atoms with Crippen LogP contribution in [-0.2, 0) is 23.8 Å². The summed E-state index contributed by atoms with van der Waals surface area (Å²) in [5, 5.41) is 16.6. The molecule has 184 valence electrons. The molecule has 0 amide bonds. The average molecular weight is 494 g/mol. The van der Waals surface area contributed by atoms with E-state index in [2.05, 4.69) is 39.8 Å². The fourth-order valence-corrected chi connectivity index (χ4v) is 2.94. The summed E-state index contributed by atoms with van der Waals surface area (Å²) in [5.74, 6) is 0. The molecule has 0 radical (unpaired) electrons. The number of aromatic amines is 1. The highest BCUT2D eigenvalue weighted by Crippen LogP contribution is 2.11. The Kier molecular flexibility index (Phi) is 13.9. The zero-order valence-electron chi connectivity index (χ0n) is 19.0. The highest BCUT2D eigenvalue weighted by molar-refractivity contribution is 7.86. The van der Waals surface area contributed by atoms with Gasteiger partial charge in [-0.15, -0.1) is 10.2 Å². The third kappa shape index (κ3) is 11.7. The first-order valence-corrected chi connectivity index (χ1v) is 11.4. The monoisotopic (exact) mass is 493 g/mol. The van der Waals surface area contributed by atoms with Crippen LogP contribution in [0.25, 0.3) is 11.0 Å². The first kappa shape index (κ1) is 28.2. The van der Waals surface area contributed by atoms with E-state index in [0.29, 0.717) is 0 Å². The average Bonchev–Trinajstić information content (AvgIpc) is 3.60. The lowest BCUT2D eigenvalue weighted by Gasteiger charge is -2.03. The van der Waals surface area contributed by atoms with Crippen molar-refractivity contribution in [3.63, 3.8) is 0 Å². The molecule has 0 aliphatic carbocycles. The maximum absolute atomic E-state index is 11.5. The molecule has 0 saturated heterocycles. The Morgan fingerprint density at radius 2 is 1.71 bits per heavy atom. The summed E-state index contributed by atoms with van der Waals surface area (Å²) in [5.41, 5.74) is 1.90. The smallest absolute Gasteiger partial charge is 0.438 e. The van der Waals surface area contributed by atoms with E-state index in [9.17, 15) is 13.2 Å². The molecule has 0 bridgehead atoms. The molecule has 0 aliphatic heterocycles. The van der Waals surface area contributed by atoms with Crippen LogP contribution >= 0.6 is 0 Å². The number of methoxy groups -OCH3 is 2. The molecule has 0 fully saturated rings. The van der Waals surface area contributed by atoms with E-state index in [4.69, 9.17) is 4.18 Å². The fourth-order valence-electron chi connectivity index (χ4n) is 1.98. The summed E-state index contributed by atoms with van der Waals surface area (Å²) < 4.78 is 40.1. The van der Waals surface area contributed by atoms with Crippen LogP contribution in [-0.4, -0.2) is 61.2 Å². The fraction of sp³-hybridized carbons (Fsp3) is 0.286. The minimum atomic E-state index is -3.53. The molecule has 2 heterocycles. The van der Waals surface area contributed by atoms with Crippen LogP contribution in [0.3, 0.4) is 0 Å². The van der Waals surface area contributed by atoms with Gasteiger partial charge in [-0.05, 0) is 30.7 Å². The molecule has 2 aromatic heterocycles. The van der Waals surface area contributed by atoms with Gasteiger partial charge in [0.05, 0.1) is 37.4 Å². The van der Waals surface area contributed by atoms with E-state index in [1.807, 2.05) is 31.2 Å². The van der Waals surface area contributed by atoms with Crippen molar-refractivity contribution in [3.8, 4) is 0 Å². The largest absolute Gasteiger partial charge is 0.507 e. The summed E-state index contributed by atoms with van der Waals surface area (Å²) in [4.78, 5) is 9.95. The number of benzene rings is 2. The van der Waals surface area contributed by atoms with E-state index in [1.165, 1.54) is 38.8 Å². The van der Waals surface area contributed by atoms with Crippen LogP contribution in [0.5, 0.6) is 0 Å². The maximum atomic E-state index is 11.5. The Balaban J connectivity index is 0.000000247. The van der Waals surface area contributed by atoms with Gasteiger partial charge < -0.3 is 14.0 Å². The zero-order valence-corrected chi connectivity index (χ0v) is 19.8. The number of unbranched alkanes of at least 4 members (excludes halogenated alkanes) is 1. The molecule has 0 spiro atoms. The molecular formula is C21H27N5O7S. The van der Waals surface area contributed by atoms with Crippen molar-refractivity contribution < 1.29 is 31.4 Å². The number of hydrogen-bond donors (Lipinski definition) is 1. The summed E-state index contributed by atoms with van der Waals surface area (Å²) in [6.45, 7) is 2.24. The minimum Gasteiger partial charge on any atom is -0.438 e. The molecule has 13 heteroatoms. The number of rotatable bonds is 5. The lowest BCUT2D eigenvalue weighted by molar-refractivity contribution is 0.0924. The summed E-state index contributed by atoms with van der Waals surface area (Å²) in [7, 11) is -1.02.